The average molecular weight is 257 g/mol. The average Bonchev–Trinajstić information content (AvgIpc) is 2.76. The van der Waals surface area contributed by atoms with Gasteiger partial charge in [0, 0.05) is 18.5 Å². The highest BCUT2D eigenvalue weighted by molar-refractivity contribution is 7.09. The lowest BCUT2D eigenvalue weighted by molar-refractivity contribution is 0.0691. The summed E-state index contributed by atoms with van der Waals surface area (Å²) in [5, 5.41) is 13.4. The quantitative estimate of drug-likeness (QED) is 0.835. The van der Waals surface area contributed by atoms with Crippen LogP contribution in [0.1, 0.15) is 29.3 Å². The molecule has 7 heteroatoms. The fourth-order valence-electron chi connectivity index (χ4n) is 1.26. The van der Waals surface area contributed by atoms with Crippen molar-refractivity contribution in [3.8, 4) is 0 Å². The maximum atomic E-state index is 11.6. The zero-order valence-corrected chi connectivity index (χ0v) is 10.6. The number of nitrogens with zero attached hydrogens (tertiary/aromatic N) is 2. The molecular formula is C10H15N3O3S. The zero-order chi connectivity index (χ0) is 12.8. The summed E-state index contributed by atoms with van der Waals surface area (Å²) < 4.78 is 0. The topological polar surface area (TPSA) is 82.5 Å². The Kier molecular flexibility index (Phi) is 4.89. The van der Waals surface area contributed by atoms with E-state index in [2.05, 4.69) is 10.3 Å². The highest BCUT2D eigenvalue weighted by Gasteiger charge is 2.11. The number of thiazole rings is 1. The van der Waals surface area contributed by atoms with Crippen LogP contribution in [0.15, 0.2) is 5.38 Å². The summed E-state index contributed by atoms with van der Waals surface area (Å²) in [6, 6.07) is -0.165. The Morgan fingerprint density at radius 3 is 2.59 bits per heavy atom. The summed E-state index contributed by atoms with van der Waals surface area (Å²) in [7, 11) is 0. The van der Waals surface area contributed by atoms with Crippen LogP contribution in [-0.4, -0.2) is 40.1 Å². The van der Waals surface area contributed by atoms with Crippen molar-refractivity contribution in [2.24, 2.45) is 0 Å². The van der Waals surface area contributed by atoms with Gasteiger partial charge in [-0.25, -0.2) is 14.6 Å². The molecule has 1 aromatic heterocycles. The Labute approximate surface area is 103 Å². The van der Waals surface area contributed by atoms with Crippen LogP contribution in [0.2, 0.25) is 0 Å². The molecule has 0 fully saturated rings. The van der Waals surface area contributed by atoms with Gasteiger partial charge in [0.1, 0.15) is 5.01 Å². The fourth-order valence-corrected chi connectivity index (χ4v) is 1.97. The van der Waals surface area contributed by atoms with Crippen molar-refractivity contribution in [2.75, 3.05) is 13.1 Å². The molecule has 0 unspecified atom stereocenters. The van der Waals surface area contributed by atoms with Crippen molar-refractivity contribution in [2.45, 2.75) is 20.4 Å². The van der Waals surface area contributed by atoms with Gasteiger partial charge >= 0.3 is 12.0 Å². The number of urea groups is 1. The van der Waals surface area contributed by atoms with Crippen LogP contribution in [0.3, 0.4) is 0 Å². The third-order valence-electron chi connectivity index (χ3n) is 2.21. The van der Waals surface area contributed by atoms with Gasteiger partial charge in [0.2, 0.25) is 0 Å². The molecule has 0 aliphatic heterocycles. The molecule has 17 heavy (non-hydrogen) atoms. The minimum Gasteiger partial charge on any atom is -0.476 e. The second-order valence-electron chi connectivity index (χ2n) is 3.26. The van der Waals surface area contributed by atoms with Gasteiger partial charge in [0.25, 0.3) is 0 Å². The van der Waals surface area contributed by atoms with Gasteiger partial charge in [-0.05, 0) is 13.8 Å². The van der Waals surface area contributed by atoms with Crippen LogP contribution in [0.5, 0.6) is 0 Å². The molecule has 0 aliphatic carbocycles. The Balaban J connectivity index is 2.49. The van der Waals surface area contributed by atoms with E-state index in [1.54, 1.807) is 4.90 Å². The van der Waals surface area contributed by atoms with Crippen LogP contribution in [0.4, 0.5) is 4.79 Å². The van der Waals surface area contributed by atoms with E-state index < -0.39 is 5.97 Å². The molecule has 1 aromatic rings. The van der Waals surface area contributed by atoms with Gasteiger partial charge < -0.3 is 15.3 Å². The largest absolute Gasteiger partial charge is 0.476 e. The molecule has 2 N–H and O–H groups in total. The highest BCUT2D eigenvalue weighted by Crippen LogP contribution is 2.09. The molecule has 1 rings (SSSR count). The predicted octanol–water partition coefficient (Wildman–Crippen LogP) is 1.39. The van der Waals surface area contributed by atoms with Crippen molar-refractivity contribution in [1.82, 2.24) is 15.2 Å². The molecule has 0 bridgehead atoms. The molecule has 0 aliphatic rings. The molecular weight excluding hydrogens is 242 g/mol. The van der Waals surface area contributed by atoms with Crippen molar-refractivity contribution in [3.05, 3.63) is 16.1 Å². The molecule has 0 atom stereocenters. The highest BCUT2D eigenvalue weighted by atomic mass is 32.1. The van der Waals surface area contributed by atoms with Gasteiger partial charge in [-0.2, -0.15) is 0 Å². The molecule has 94 valence electrons. The minimum absolute atomic E-state index is 0.0158. The molecule has 0 radical (unpaired) electrons. The van der Waals surface area contributed by atoms with Gasteiger partial charge in [0.05, 0.1) is 6.54 Å². The van der Waals surface area contributed by atoms with E-state index in [-0.39, 0.29) is 18.3 Å². The van der Waals surface area contributed by atoms with Crippen LogP contribution < -0.4 is 5.32 Å². The maximum absolute atomic E-state index is 11.6. The molecule has 0 spiro atoms. The number of carboxylic acid groups (broad SMARTS) is 1. The minimum atomic E-state index is -1.05. The van der Waals surface area contributed by atoms with Gasteiger partial charge in [-0.1, -0.05) is 0 Å². The maximum Gasteiger partial charge on any atom is 0.355 e. The Hall–Kier alpha value is -1.63. The second kappa shape index (κ2) is 6.19. The number of carbonyl (C=O) groups excluding carboxylic acids is 1. The Morgan fingerprint density at radius 1 is 1.47 bits per heavy atom. The van der Waals surface area contributed by atoms with E-state index in [4.69, 9.17) is 5.11 Å². The number of amides is 2. The molecule has 6 nitrogen and oxygen atoms in total. The Bertz CT molecular complexity index is 401. The monoisotopic (exact) mass is 257 g/mol. The zero-order valence-electron chi connectivity index (χ0n) is 9.77. The predicted molar refractivity (Wildman–Crippen MR) is 64.2 cm³/mol. The molecule has 1 heterocycles. The molecule has 0 aromatic carbocycles. The van der Waals surface area contributed by atoms with E-state index in [9.17, 15) is 9.59 Å². The van der Waals surface area contributed by atoms with Crippen LogP contribution >= 0.6 is 11.3 Å². The van der Waals surface area contributed by atoms with E-state index in [0.717, 1.165) is 0 Å². The normalized spacial score (nSPS) is 10.0. The van der Waals surface area contributed by atoms with E-state index in [1.165, 1.54) is 16.7 Å². The number of hydrogen-bond donors (Lipinski definition) is 2. The first kappa shape index (κ1) is 13.4. The first-order valence-electron chi connectivity index (χ1n) is 5.28. The van der Waals surface area contributed by atoms with Crippen LogP contribution in [-0.2, 0) is 6.54 Å². The summed E-state index contributed by atoms with van der Waals surface area (Å²) in [4.78, 5) is 27.7. The lowest BCUT2D eigenvalue weighted by Gasteiger charge is -2.18. The number of carbonyl (C=O) groups is 2. The fraction of sp³-hybridized carbons (Fsp3) is 0.500. The first-order chi connectivity index (χ1) is 8.08. The van der Waals surface area contributed by atoms with Crippen LogP contribution in [0.25, 0.3) is 0 Å². The molecule has 0 saturated heterocycles. The number of carboxylic acids is 1. The summed E-state index contributed by atoms with van der Waals surface area (Å²) in [6.07, 6.45) is 0. The van der Waals surface area contributed by atoms with E-state index in [0.29, 0.717) is 18.1 Å². The number of aromatic carboxylic acids is 1. The van der Waals surface area contributed by atoms with E-state index in [1.807, 2.05) is 13.8 Å². The summed E-state index contributed by atoms with van der Waals surface area (Å²) in [5.41, 5.74) is 0.0158. The van der Waals surface area contributed by atoms with Crippen LogP contribution in [0, 0.1) is 0 Å². The molecule has 2 amide bonds. The number of aromatic nitrogens is 1. The third kappa shape index (κ3) is 3.70. The second-order valence-corrected chi connectivity index (χ2v) is 4.21. The number of hydrogen-bond acceptors (Lipinski definition) is 4. The smallest absolute Gasteiger partial charge is 0.355 e. The summed E-state index contributed by atoms with van der Waals surface area (Å²) in [6.45, 7) is 5.33. The Morgan fingerprint density at radius 2 is 2.12 bits per heavy atom. The van der Waals surface area contributed by atoms with E-state index >= 15 is 0 Å². The van der Waals surface area contributed by atoms with Crippen molar-refractivity contribution < 1.29 is 14.7 Å². The van der Waals surface area contributed by atoms with Gasteiger partial charge in [-0.3, -0.25) is 0 Å². The lowest BCUT2D eigenvalue weighted by Crippen LogP contribution is -2.39. The van der Waals surface area contributed by atoms with Gasteiger partial charge in [0.15, 0.2) is 5.69 Å². The molecule has 0 saturated carbocycles. The standard InChI is InChI=1S/C10H15N3O3S/c1-3-13(4-2)10(16)11-5-8-12-7(6-17-8)9(14)15/h6H,3-5H2,1-2H3,(H,11,16)(H,14,15). The summed E-state index contributed by atoms with van der Waals surface area (Å²) >= 11 is 1.22. The SMILES string of the molecule is CCN(CC)C(=O)NCc1nc(C(=O)O)cs1. The lowest BCUT2D eigenvalue weighted by atomic mass is 10.5. The van der Waals surface area contributed by atoms with Crippen molar-refractivity contribution in [3.63, 3.8) is 0 Å². The number of rotatable bonds is 5. The first-order valence-corrected chi connectivity index (χ1v) is 6.16. The third-order valence-corrected chi connectivity index (χ3v) is 3.06. The van der Waals surface area contributed by atoms with Gasteiger partial charge in [-0.15, -0.1) is 11.3 Å². The van der Waals surface area contributed by atoms with Crippen molar-refractivity contribution in [1.29, 1.82) is 0 Å². The summed E-state index contributed by atoms with van der Waals surface area (Å²) in [5.74, 6) is -1.05. The number of nitrogens with one attached hydrogen (secondary N) is 1. The van der Waals surface area contributed by atoms with Crippen molar-refractivity contribution >= 4 is 23.3 Å².